The summed E-state index contributed by atoms with van der Waals surface area (Å²) < 4.78 is 1.25. The lowest BCUT2D eigenvalue weighted by molar-refractivity contribution is -0.116. The molecule has 0 unspecified atom stereocenters. The predicted octanol–water partition coefficient (Wildman–Crippen LogP) is 3.07. The molecule has 0 spiro atoms. The number of rotatable bonds is 4. The van der Waals surface area contributed by atoms with Crippen molar-refractivity contribution >= 4 is 33.3 Å². The normalized spacial score (nSPS) is 12.6. The molecule has 4 aromatic rings. The fourth-order valence-corrected chi connectivity index (χ4v) is 3.95. The van der Waals surface area contributed by atoms with Gasteiger partial charge in [-0.05, 0) is 47.6 Å². The van der Waals surface area contributed by atoms with Crippen molar-refractivity contribution in [2.75, 3.05) is 5.32 Å². The lowest BCUT2D eigenvalue weighted by atomic mass is 10.0. The van der Waals surface area contributed by atoms with Crippen molar-refractivity contribution in [2.24, 2.45) is 0 Å². The van der Waals surface area contributed by atoms with Crippen LogP contribution in [0.25, 0.3) is 21.7 Å². The molecule has 0 saturated heterocycles. The maximum absolute atomic E-state index is 12.5. The van der Waals surface area contributed by atoms with Gasteiger partial charge in [-0.3, -0.25) is 9.59 Å². The first-order chi connectivity index (χ1) is 13.7. The summed E-state index contributed by atoms with van der Waals surface area (Å²) in [5.74, 6) is -0.152. The number of nitrogens with zero attached hydrogens (tertiary/aromatic N) is 3. The largest absolute Gasteiger partial charge is 0.325 e. The van der Waals surface area contributed by atoms with Crippen LogP contribution in [0.2, 0.25) is 0 Å². The quantitative estimate of drug-likeness (QED) is 0.599. The molecule has 0 radical (unpaired) electrons. The Morgan fingerprint density at radius 3 is 2.64 bits per heavy atom. The molecule has 6 nitrogen and oxygen atoms in total. The monoisotopic (exact) mass is 370 g/mol. The van der Waals surface area contributed by atoms with Crippen molar-refractivity contribution in [1.82, 2.24) is 15.0 Å². The van der Waals surface area contributed by atoms with E-state index >= 15 is 0 Å². The van der Waals surface area contributed by atoms with Gasteiger partial charge in [-0.1, -0.05) is 41.6 Å². The summed E-state index contributed by atoms with van der Waals surface area (Å²) in [5, 5.41) is 13.8. The highest BCUT2D eigenvalue weighted by molar-refractivity contribution is 6.05. The molecule has 138 valence electrons. The van der Waals surface area contributed by atoms with Gasteiger partial charge in [-0.2, -0.15) is 0 Å². The number of hydrogen-bond donors (Lipinski definition) is 1. The van der Waals surface area contributed by atoms with Crippen LogP contribution in [0.4, 0.5) is 5.69 Å². The van der Waals surface area contributed by atoms with E-state index in [-0.39, 0.29) is 24.4 Å². The van der Waals surface area contributed by atoms with E-state index in [1.807, 2.05) is 24.3 Å². The van der Waals surface area contributed by atoms with Gasteiger partial charge in [0.2, 0.25) is 5.91 Å². The molecule has 1 aliphatic carbocycles. The Bertz CT molecular complexity index is 1280. The molecule has 3 aromatic carbocycles. The second kappa shape index (κ2) is 6.56. The minimum Gasteiger partial charge on any atom is -0.325 e. The van der Waals surface area contributed by atoms with Crippen LogP contribution >= 0.6 is 0 Å². The highest BCUT2D eigenvalue weighted by Gasteiger charge is 2.16. The van der Waals surface area contributed by atoms with E-state index in [2.05, 4.69) is 27.8 Å². The Kier molecular flexibility index (Phi) is 3.90. The van der Waals surface area contributed by atoms with Crippen LogP contribution in [0.3, 0.4) is 0 Å². The van der Waals surface area contributed by atoms with Gasteiger partial charge in [0.05, 0.1) is 11.9 Å². The maximum Gasteiger partial charge on any atom is 0.277 e. The molecule has 1 N–H and O–H groups in total. The van der Waals surface area contributed by atoms with E-state index in [9.17, 15) is 9.59 Å². The Morgan fingerprint density at radius 2 is 1.75 bits per heavy atom. The number of nitrogens with one attached hydrogen (secondary N) is 1. The average molecular weight is 370 g/mol. The zero-order chi connectivity index (χ0) is 19.1. The Hall–Kier alpha value is -3.54. The number of carbonyl (C=O) groups is 1. The number of aromatic nitrogens is 3. The molecule has 1 amide bonds. The smallest absolute Gasteiger partial charge is 0.277 e. The minimum absolute atomic E-state index is 0.149. The summed E-state index contributed by atoms with van der Waals surface area (Å²) in [6, 6.07) is 17.3. The topological polar surface area (TPSA) is 76.9 Å². The third-order valence-corrected chi connectivity index (χ3v) is 5.33. The van der Waals surface area contributed by atoms with Gasteiger partial charge in [-0.15, -0.1) is 5.10 Å². The predicted molar refractivity (Wildman–Crippen MR) is 108 cm³/mol. The molecule has 1 heterocycles. The van der Waals surface area contributed by atoms with Crippen LogP contribution in [0.1, 0.15) is 17.5 Å². The van der Waals surface area contributed by atoms with Crippen LogP contribution in [0.5, 0.6) is 0 Å². The number of amides is 1. The summed E-state index contributed by atoms with van der Waals surface area (Å²) >= 11 is 0. The molecular formula is C22H18N4O2. The molecule has 1 aliphatic rings. The fraction of sp³-hybridized carbons (Fsp3) is 0.182. The molecule has 0 bridgehead atoms. The molecule has 1 aromatic heterocycles. The molecule has 6 heteroatoms. The maximum atomic E-state index is 12.5. The molecule has 0 atom stereocenters. The summed E-state index contributed by atoms with van der Waals surface area (Å²) in [6.45, 7) is 0.184. The van der Waals surface area contributed by atoms with Crippen LogP contribution in [0, 0.1) is 0 Å². The van der Waals surface area contributed by atoms with Crippen molar-refractivity contribution in [3.8, 4) is 0 Å². The van der Waals surface area contributed by atoms with Crippen LogP contribution in [0.15, 0.2) is 59.4 Å². The number of anilines is 1. The zero-order valence-corrected chi connectivity index (χ0v) is 15.2. The van der Waals surface area contributed by atoms with E-state index in [4.69, 9.17) is 0 Å². The minimum atomic E-state index is -0.233. The van der Waals surface area contributed by atoms with E-state index in [0.717, 1.165) is 23.9 Å². The lowest BCUT2D eigenvalue weighted by Crippen LogP contribution is -2.26. The third kappa shape index (κ3) is 2.74. The third-order valence-electron chi connectivity index (χ3n) is 5.33. The van der Waals surface area contributed by atoms with Gasteiger partial charge in [0.15, 0.2) is 0 Å². The van der Waals surface area contributed by atoms with E-state index in [1.54, 1.807) is 18.2 Å². The number of aryl methyl sites for hydroxylation is 3. The highest BCUT2D eigenvalue weighted by atomic mass is 16.2. The highest BCUT2D eigenvalue weighted by Crippen LogP contribution is 2.34. The van der Waals surface area contributed by atoms with E-state index in [0.29, 0.717) is 10.9 Å². The van der Waals surface area contributed by atoms with E-state index in [1.165, 1.54) is 21.2 Å². The first-order valence-electron chi connectivity index (χ1n) is 9.36. The Morgan fingerprint density at radius 1 is 0.964 bits per heavy atom. The van der Waals surface area contributed by atoms with Gasteiger partial charge >= 0.3 is 0 Å². The van der Waals surface area contributed by atoms with Crippen LogP contribution in [-0.4, -0.2) is 20.9 Å². The molecule has 28 heavy (non-hydrogen) atoms. The molecule has 0 fully saturated rings. The summed E-state index contributed by atoms with van der Waals surface area (Å²) in [7, 11) is 0. The molecule has 0 aliphatic heterocycles. The Labute approximate surface area is 160 Å². The molecular weight excluding hydrogens is 352 g/mol. The Balaban J connectivity index is 1.36. The van der Waals surface area contributed by atoms with E-state index < -0.39 is 0 Å². The number of fused-ring (bicyclic) bond motifs is 1. The fourth-order valence-electron chi connectivity index (χ4n) is 3.95. The number of hydrogen-bond acceptors (Lipinski definition) is 4. The average Bonchev–Trinajstić information content (AvgIpc) is 3.14. The summed E-state index contributed by atoms with van der Waals surface area (Å²) in [5.41, 5.74) is 3.80. The summed E-state index contributed by atoms with van der Waals surface area (Å²) in [6.07, 6.45) is 2.25. The molecule has 5 rings (SSSR count). The summed E-state index contributed by atoms with van der Waals surface area (Å²) in [4.78, 5) is 25.0. The van der Waals surface area contributed by atoms with Crippen molar-refractivity contribution in [3.05, 3.63) is 76.1 Å². The second-order valence-electron chi connectivity index (χ2n) is 7.05. The standard InChI is InChI=1S/C22H18N4O2/c27-20(12-13-26-22(28)17-5-1-2-7-19(17)24-25-26)23-18-11-10-15-9-8-14-4-3-6-16(18)21(14)15/h1-7,10-11H,8-9,12-13H2,(H,23,27). The van der Waals surface area contributed by atoms with Crippen LogP contribution < -0.4 is 10.9 Å². The van der Waals surface area contributed by atoms with Crippen molar-refractivity contribution < 1.29 is 4.79 Å². The second-order valence-corrected chi connectivity index (χ2v) is 7.05. The van der Waals surface area contributed by atoms with Crippen molar-refractivity contribution in [3.63, 3.8) is 0 Å². The number of carbonyl (C=O) groups excluding carboxylic acids is 1. The van der Waals surface area contributed by atoms with Gasteiger partial charge in [0.25, 0.3) is 5.56 Å². The molecule has 0 saturated carbocycles. The van der Waals surface area contributed by atoms with Gasteiger partial charge in [-0.25, -0.2) is 4.68 Å². The van der Waals surface area contributed by atoms with Crippen LogP contribution in [-0.2, 0) is 24.2 Å². The zero-order valence-electron chi connectivity index (χ0n) is 15.2. The SMILES string of the molecule is O=C(CCn1nnc2ccccc2c1=O)Nc1ccc2c3c(cccc13)CC2. The van der Waals surface area contributed by atoms with Crippen molar-refractivity contribution in [1.29, 1.82) is 0 Å². The van der Waals surface area contributed by atoms with Gasteiger partial charge < -0.3 is 5.32 Å². The number of benzene rings is 3. The first kappa shape index (κ1) is 16.6. The van der Waals surface area contributed by atoms with Gasteiger partial charge in [0, 0.05) is 17.5 Å². The van der Waals surface area contributed by atoms with Crippen molar-refractivity contribution in [2.45, 2.75) is 25.8 Å². The first-order valence-corrected chi connectivity index (χ1v) is 9.36. The van der Waals surface area contributed by atoms with Gasteiger partial charge in [0.1, 0.15) is 5.52 Å². The lowest BCUT2D eigenvalue weighted by Gasteiger charge is -2.11.